The summed E-state index contributed by atoms with van der Waals surface area (Å²) in [4.78, 5) is 11.6. The molecule has 9 nitrogen and oxygen atoms in total. The van der Waals surface area contributed by atoms with E-state index in [1.165, 1.54) is 18.4 Å². The van der Waals surface area contributed by atoms with E-state index in [1.807, 2.05) is 0 Å². The summed E-state index contributed by atoms with van der Waals surface area (Å²) in [5.41, 5.74) is 0.499. The van der Waals surface area contributed by atoms with Gasteiger partial charge in [-0.1, -0.05) is 6.07 Å². The molecule has 0 atom stereocenters. The van der Waals surface area contributed by atoms with Gasteiger partial charge in [-0.15, -0.1) is 0 Å². The average molecular weight is 336 g/mol. The summed E-state index contributed by atoms with van der Waals surface area (Å²) in [5.74, 6) is -0.261. The maximum Gasteiger partial charge on any atom is 0.287 e. The molecule has 2 N–H and O–H groups in total. The minimum atomic E-state index is -3.80. The molecule has 0 saturated carbocycles. The molecule has 1 amide bonds. The fourth-order valence-corrected chi connectivity index (χ4v) is 3.11. The maximum atomic E-state index is 12.3. The standard InChI is InChI=1S/C13H12N4O5S/c18-13(10-4-2-8-21-10)14-6-7-15-23(19,20)11-5-1-3-9-12(11)17-22-16-9/h1-5,8,15H,6-7H2,(H,14,18). The lowest BCUT2D eigenvalue weighted by molar-refractivity contribution is 0.0926. The van der Waals surface area contributed by atoms with E-state index >= 15 is 0 Å². The van der Waals surface area contributed by atoms with Gasteiger partial charge in [-0.2, -0.15) is 0 Å². The highest BCUT2D eigenvalue weighted by Crippen LogP contribution is 2.19. The number of sulfonamides is 1. The predicted molar refractivity (Wildman–Crippen MR) is 78.0 cm³/mol. The average Bonchev–Trinajstić information content (AvgIpc) is 3.21. The van der Waals surface area contributed by atoms with Gasteiger partial charge in [0.1, 0.15) is 10.4 Å². The van der Waals surface area contributed by atoms with Crippen molar-refractivity contribution in [2.24, 2.45) is 0 Å². The molecule has 3 aromatic rings. The Morgan fingerprint density at radius 3 is 2.78 bits per heavy atom. The minimum absolute atomic E-state index is 0.0104. The van der Waals surface area contributed by atoms with Gasteiger partial charge < -0.3 is 9.73 Å². The summed E-state index contributed by atoms with van der Waals surface area (Å²) < 4.78 is 36.4. The smallest absolute Gasteiger partial charge is 0.287 e. The molecule has 120 valence electrons. The Labute approximate surface area is 130 Å². The van der Waals surface area contributed by atoms with Crippen LogP contribution in [-0.2, 0) is 10.0 Å². The molecule has 0 aliphatic rings. The number of carbonyl (C=O) groups excluding carboxylic acids is 1. The molecule has 2 heterocycles. The van der Waals surface area contributed by atoms with Crippen molar-refractivity contribution in [3.8, 4) is 0 Å². The lowest BCUT2D eigenvalue weighted by atomic mass is 10.3. The number of rotatable bonds is 6. The quantitative estimate of drug-likeness (QED) is 0.628. The van der Waals surface area contributed by atoms with Crippen LogP contribution in [0.1, 0.15) is 10.6 Å². The number of fused-ring (bicyclic) bond motifs is 1. The number of furan rings is 1. The van der Waals surface area contributed by atoms with Crippen molar-refractivity contribution < 1.29 is 22.3 Å². The zero-order chi connectivity index (χ0) is 16.3. The lowest BCUT2D eigenvalue weighted by Gasteiger charge is -2.07. The summed E-state index contributed by atoms with van der Waals surface area (Å²) in [5, 5.41) is 9.72. The monoisotopic (exact) mass is 336 g/mol. The molecular weight excluding hydrogens is 324 g/mol. The second-order valence-corrected chi connectivity index (χ2v) is 6.25. The van der Waals surface area contributed by atoms with Gasteiger partial charge in [0.05, 0.1) is 6.26 Å². The highest BCUT2D eigenvalue weighted by Gasteiger charge is 2.19. The first-order valence-electron chi connectivity index (χ1n) is 6.60. The molecule has 0 aliphatic carbocycles. The van der Waals surface area contributed by atoms with Crippen molar-refractivity contribution in [1.29, 1.82) is 0 Å². The molecule has 0 fully saturated rings. The van der Waals surface area contributed by atoms with Gasteiger partial charge in [0.2, 0.25) is 10.0 Å². The van der Waals surface area contributed by atoms with Crippen molar-refractivity contribution in [3.63, 3.8) is 0 Å². The van der Waals surface area contributed by atoms with E-state index in [9.17, 15) is 13.2 Å². The van der Waals surface area contributed by atoms with E-state index in [4.69, 9.17) is 4.42 Å². The third kappa shape index (κ3) is 3.22. The van der Waals surface area contributed by atoms with Crippen LogP contribution in [0.15, 0.2) is 50.5 Å². The summed E-state index contributed by atoms with van der Waals surface area (Å²) in [7, 11) is -3.80. The first-order chi connectivity index (χ1) is 11.1. The Bertz CT molecular complexity index is 917. The number of amides is 1. The molecule has 0 saturated heterocycles. The van der Waals surface area contributed by atoms with E-state index < -0.39 is 15.9 Å². The number of nitrogens with zero attached hydrogens (tertiary/aromatic N) is 2. The molecular formula is C13H12N4O5S. The van der Waals surface area contributed by atoms with Crippen LogP contribution >= 0.6 is 0 Å². The van der Waals surface area contributed by atoms with Crippen LogP contribution in [0.3, 0.4) is 0 Å². The fraction of sp³-hybridized carbons (Fsp3) is 0.154. The van der Waals surface area contributed by atoms with Gasteiger partial charge in [-0.3, -0.25) is 4.79 Å². The Balaban J connectivity index is 1.61. The largest absolute Gasteiger partial charge is 0.459 e. The first-order valence-corrected chi connectivity index (χ1v) is 8.09. The van der Waals surface area contributed by atoms with Crippen molar-refractivity contribution in [2.45, 2.75) is 4.90 Å². The van der Waals surface area contributed by atoms with Crippen LogP contribution in [0, 0.1) is 0 Å². The molecule has 0 unspecified atom stereocenters. The van der Waals surface area contributed by atoms with E-state index in [0.717, 1.165) is 0 Å². The minimum Gasteiger partial charge on any atom is -0.459 e. The Hall–Kier alpha value is -2.72. The SMILES string of the molecule is O=C(NCCNS(=O)(=O)c1cccc2nonc12)c1ccco1. The Morgan fingerprint density at radius 2 is 2.00 bits per heavy atom. The summed E-state index contributed by atoms with van der Waals surface area (Å²) in [6.45, 7) is 0.113. The zero-order valence-corrected chi connectivity index (χ0v) is 12.5. The molecule has 0 aliphatic heterocycles. The molecule has 2 aromatic heterocycles. The van der Waals surface area contributed by atoms with Gasteiger partial charge in [0.25, 0.3) is 5.91 Å². The topological polar surface area (TPSA) is 127 Å². The lowest BCUT2D eigenvalue weighted by Crippen LogP contribution is -2.34. The number of aromatic nitrogens is 2. The summed E-state index contributed by atoms with van der Waals surface area (Å²) in [6, 6.07) is 7.63. The van der Waals surface area contributed by atoms with Gasteiger partial charge in [-0.05, 0) is 34.6 Å². The summed E-state index contributed by atoms with van der Waals surface area (Å²) >= 11 is 0. The number of carbonyl (C=O) groups is 1. The molecule has 0 spiro atoms. The number of hydrogen-bond donors (Lipinski definition) is 2. The third-order valence-corrected chi connectivity index (χ3v) is 4.48. The molecule has 1 aromatic carbocycles. The van der Waals surface area contributed by atoms with Crippen molar-refractivity contribution in [2.75, 3.05) is 13.1 Å². The van der Waals surface area contributed by atoms with E-state index in [2.05, 4.69) is 25.0 Å². The molecule has 10 heteroatoms. The maximum absolute atomic E-state index is 12.3. The van der Waals surface area contributed by atoms with E-state index in [-0.39, 0.29) is 29.3 Å². The highest BCUT2D eigenvalue weighted by atomic mass is 32.2. The molecule has 0 bridgehead atoms. The number of nitrogens with one attached hydrogen (secondary N) is 2. The van der Waals surface area contributed by atoms with Crippen LogP contribution < -0.4 is 10.0 Å². The van der Waals surface area contributed by atoms with E-state index in [1.54, 1.807) is 18.2 Å². The van der Waals surface area contributed by atoms with Crippen LogP contribution in [-0.4, -0.2) is 37.7 Å². The van der Waals surface area contributed by atoms with Gasteiger partial charge in [0.15, 0.2) is 11.3 Å². The van der Waals surface area contributed by atoms with Gasteiger partial charge in [-0.25, -0.2) is 17.8 Å². The highest BCUT2D eigenvalue weighted by molar-refractivity contribution is 7.89. The second kappa shape index (κ2) is 6.18. The number of benzene rings is 1. The van der Waals surface area contributed by atoms with Crippen LogP contribution in [0.5, 0.6) is 0 Å². The summed E-state index contributed by atoms with van der Waals surface area (Å²) in [6.07, 6.45) is 1.38. The van der Waals surface area contributed by atoms with Crippen molar-refractivity contribution in [1.82, 2.24) is 20.4 Å². The number of hydrogen-bond acceptors (Lipinski definition) is 7. The predicted octanol–water partition coefficient (Wildman–Crippen LogP) is 0.524. The van der Waals surface area contributed by atoms with Crippen molar-refractivity contribution >= 4 is 27.0 Å². The first kappa shape index (κ1) is 15.2. The van der Waals surface area contributed by atoms with Crippen molar-refractivity contribution in [3.05, 3.63) is 42.4 Å². The zero-order valence-electron chi connectivity index (χ0n) is 11.7. The van der Waals surface area contributed by atoms with Crippen LogP contribution in [0.4, 0.5) is 0 Å². The third-order valence-electron chi connectivity index (χ3n) is 2.99. The molecule has 3 rings (SSSR count). The molecule has 0 radical (unpaired) electrons. The van der Waals surface area contributed by atoms with Gasteiger partial charge >= 0.3 is 0 Å². The Morgan fingerprint density at radius 1 is 1.13 bits per heavy atom. The van der Waals surface area contributed by atoms with E-state index in [0.29, 0.717) is 5.52 Å². The molecule has 23 heavy (non-hydrogen) atoms. The Kier molecular flexibility index (Phi) is 4.08. The van der Waals surface area contributed by atoms with Crippen LogP contribution in [0.2, 0.25) is 0 Å². The van der Waals surface area contributed by atoms with Crippen LogP contribution in [0.25, 0.3) is 11.0 Å². The fourth-order valence-electron chi connectivity index (χ4n) is 1.93. The van der Waals surface area contributed by atoms with Gasteiger partial charge in [0, 0.05) is 13.1 Å². The normalized spacial score (nSPS) is 11.7. The second-order valence-electron chi connectivity index (χ2n) is 4.52.